The Bertz CT molecular complexity index is 434. The topological polar surface area (TPSA) is 44.5 Å². The van der Waals surface area contributed by atoms with Crippen molar-refractivity contribution in [1.29, 1.82) is 0 Å². The van der Waals surface area contributed by atoms with E-state index < -0.39 is 7.12 Å². The van der Waals surface area contributed by atoms with Gasteiger partial charge in [-0.15, -0.1) is 0 Å². The van der Waals surface area contributed by atoms with E-state index in [9.17, 15) is 0 Å². The molecule has 1 heterocycles. The van der Waals surface area contributed by atoms with E-state index in [0.29, 0.717) is 0 Å². The number of benzene rings is 1. The normalized spacial score (nSPS) is 23.1. The molecule has 0 bridgehead atoms. The van der Waals surface area contributed by atoms with Crippen molar-refractivity contribution in [3.63, 3.8) is 0 Å². The third-order valence-corrected chi connectivity index (χ3v) is 4.47. The minimum atomic E-state index is -0.395. The monoisotopic (exact) mass is 359 g/mol. The van der Waals surface area contributed by atoms with Crippen LogP contribution in [0.25, 0.3) is 0 Å². The standard InChI is InChI=1S/C13H19BINO2/c1-12(2)13(3,4)18-14(17-12)11(16)9-6-5-7-10(15)8-9/h5-8,11H,16H2,1-4H3/t11-/m1/s1. The first-order chi connectivity index (χ1) is 8.23. The fourth-order valence-electron chi connectivity index (χ4n) is 1.91. The van der Waals surface area contributed by atoms with Crippen LogP contribution in [0.2, 0.25) is 0 Å². The van der Waals surface area contributed by atoms with Gasteiger partial charge in [-0.1, -0.05) is 12.1 Å². The molecule has 1 aliphatic heterocycles. The van der Waals surface area contributed by atoms with E-state index in [2.05, 4.69) is 28.7 Å². The van der Waals surface area contributed by atoms with Gasteiger partial charge in [-0.25, -0.2) is 0 Å². The van der Waals surface area contributed by atoms with Gasteiger partial charge in [-0.05, 0) is 68.0 Å². The van der Waals surface area contributed by atoms with E-state index in [1.165, 1.54) is 0 Å². The van der Waals surface area contributed by atoms with E-state index in [4.69, 9.17) is 15.0 Å². The van der Waals surface area contributed by atoms with Crippen molar-refractivity contribution in [3.05, 3.63) is 33.4 Å². The van der Waals surface area contributed by atoms with Crippen molar-refractivity contribution in [2.75, 3.05) is 0 Å². The lowest BCUT2D eigenvalue weighted by Gasteiger charge is -2.32. The highest BCUT2D eigenvalue weighted by atomic mass is 127. The fourth-order valence-corrected chi connectivity index (χ4v) is 2.47. The van der Waals surface area contributed by atoms with Crippen LogP contribution in [-0.2, 0) is 9.31 Å². The Kier molecular flexibility index (Phi) is 3.80. The summed E-state index contributed by atoms with van der Waals surface area (Å²) in [5, 5.41) is 0. The van der Waals surface area contributed by atoms with Crippen molar-refractivity contribution < 1.29 is 9.31 Å². The first kappa shape index (κ1) is 14.3. The van der Waals surface area contributed by atoms with E-state index in [1.54, 1.807) is 0 Å². The Balaban J connectivity index is 2.20. The van der Waals surface area contributed by atoms with Gasteiger partial charge in [0.05, 0.1) is 17.1 Å². The van der Waals surface area contributed by atoms with Crippen LogP contribution in [0.4, 0.5) is 0 Å². The first-order valence-corrected chi connectivity index (χ1v) is 7.17. The number of rotatable bonds is 2. The van der Waals surface area contributed by atoms with Crippen molar-refractivity contribution in [2.24, 2.45) is 5.73 Å². The summed E-state index contributed by atoms with van der Waals surface area (Å²) in [5.41, 5.74) is 6.63. The molecule has 0 spiro atoms. The molecule has 0 aromatic heterocycles. The van der Waals surface area contributed by atoms with Crippen LogP contribution in [0.15, 0.2) is 24.3 Å². The molecule has 5 heteroatoms. The van der Waals surface area contributed by atoms with Crippen molar-refractivity contribution in [2.45, 2.75) is 44.8 Å². The highest BCUT2D eigenvalue weighted by Crippen LogP contribution is 2.39. The number of halogens is 1. The van der Waals surface area contributed by atoms with Crippen LogP contribution in [0.5, 0.6) is 0 Å². The minimum absolute atomic E-state index is 0.263. The largest absolute Gasteiger partial charge is 0.480 e. The second kappa shape index (κ2) is 4.78. The molecule has 0 unspecified atom stereocenters. The summed E-state index contributed by atoms with van der Waals surface area (Å²) in [4.78, 5) is 0. The molecule has 1 aromatic rings. The van der Waals surface area contributed by atoms with Gasteiger partial charge in [-0.3, -0.25) is 0 Å². The lowest BCUT2D eigenvalue weighted by molar-refractivity contribution is 0.00578. The maximum absolute atomic E-state index is 6.26. The molecule has 2 N–H and O–H groups in total. The van der Waals surface area contributed by atoms with Gasteiger partial charge in [0.1, 0.15) is 0 Å². The van der Waals surface area contributed by atoms with E-state index in [0.717, 1.165) is 9.13 Å². The molecule has 0 radical (unpaired) electrons. The van der Waals surface area contributed by atoms with Gasteiger partial charge in [0, 0.05) is 3.57 Å². The number of hydrogen-bond donors (Lipinski definition) is 1. The zero-order valence-electron chi connectivity index (χ0n) is 11.2. The van der Waals surface area contributed by atoms with Crippen molar-refractivity contribution >= 4 is 29.7 Å². The van der Waals surface area contributed by atoms with Crippen LogP contribution in [-0.4, -0.2) is 18.3 Å². The summed E-state index contributed by atoms with van der Waals surface area (Å²) in [6.07, 6.45) is 0. The smallest absolute Gasteiger partial charge is 0.402 e. The van der Waals surface area contributed by atoms with Gasteiger partial charge in [0.15, 0.2) is 0 Å². The van der Waals surface area contributed by atoms with E-state index in [-0.39, 0.29) is 17.1 Å². The molecule has 1 atom stereocenters. The summed E-state index contributed by atoms with van der Waals surface area (Å²) in [6, 6.07) is 8.12. The summed E-state index contributed by atoms with van der Waals surface area (Å²) < 4.78 is 13.1. The minimum Gasteiger partial charge on any atom is -0.402 e. The summed E-state index contributed by atoms with van der Waals surface area (Å²) in [6.45, 7) is 8.14. The molecule has 1 aliphatic rings. The fraction of sp³-hybridized carbons (Fsp3) is 0.538. The Morgan fingerprint density at radius 3 is 2.22 bits per heavy atom. The van der Waals surface area contributed by atoms with E-state index >= 15 is 0 Å². The lowest BCUT2D eigenvalue weighted by atomic mass is 9.75. The average molecular weight is 359 g/mol. The van der Waals surface area contributed by atoms with Gasteiger partial charge in [-0.2, -0.15) is 0 Å². The molecule has 1 saturated heterocycles. The van der Waals surface area contributed by atoms with Crippen LogP contribution in [0.3, 0.4) is 0 Å². The molecule has 2 rings (SSSR count). The highest BCUT2D eigenvalue weighted by molar-refractivity contribution is 14.1. The lowest BCUT2D eigenvalue weighted by Crippen LogP contribution is -2.41. The zero-order valence-corrected chi connectivity index (χ0v) is 13.4. The predicted molar refractivity (Wildman–Crippen MR) is 82.2 cm³/mol. The van der Waals surface area contributed by atoms with Gasteiger partial charge in [0.2, 0.25) is 0 Å². The Labute approximate surface area is 123 Å². The molecular weight excluding hydrogens is 340 g/mol. The van der Waals surface area contributed by atoms with Crippen LogP contribution < -0.4 is 5.73 Å². The predicted octanol–water partition coefficient (Wildman–Crippen LogP) is 2.92. The van der Waals surface area contributed by atoms with Crippen LogP contribution in [0, 0.1) is 3.57 Å². The third-order valence-electron chi connectivity index (χ3n) is 3.80. The van der Waals surface area contributed by atoms with Crippen LogP contribution >= 0.6 is 22.6 Å². The molecule has 0 amide bonds. The van der Waals surface area contributed by atoms with Gasteiger partial charge < -0.3 is 15.0 Å². The molecule has 0 aliphatic carbocycles. The van der Waals surface area contributed by atoms with Gasteiger partial charge in [0.25, 0.3) is 0 Å². The highest BCUT2D eigenvalue weighted by Gasteiger charge is 2.53. The maximum Gasteiger partial charge on any atom is 0.480 e. The number of nitrogens with two attached hydrogens (primary N) is 1. The molecule has 1 fully saturated rings. The molecule has 1 aromatic carbocycles. The van der Waals surface area contributed by atoms with E-state index in [1.807, 2.05) is 45.9 Å². The molecule has 18 heavy (non-hydrogen) atoms. The summed E-state index contributed by atoms with van der Waals surface area (Å²) in [7, 11) is -0.395. The SMILES string of the molecule is CC1(C)OB([C@H](N)c2cccc(I)c2)OC1(C)C. The van der Waals surface area contributed by atoms with Crippen molar-refractivity contribution in [3.8, 4) is 0 Å². The molecular formula is C13H19BINO2. The molecule has 3 nitrogen and oxygen atoms in total. The zero-order chi connectivity index (χ0) is 13.6. The Morgan fingerprint density at radius 2 is 1.72 bits per heavy atom. The molecule has 0 saturated carbocycles. The molecule has 98 valence electrons. The summed E-state index contributed by atoms with van der Waals surface area (Å²) >= 11 is 2.28. The average Bonchev–Trinajstić information content (AvgIpc) is 2.47. The summed E-state index contributed by atoms with van der Waals surface area (Å²) in [5.74, 6) is -0.263. The second-order valence-corrected chi connectivity index (χ2v) is 6.95. The Morgan fingerprint density at radius 1 is 1.17 bits per heavy atom. The van der Waals surface area contributed by atoms with Crippen LogP contribution in [0.1, 0.15) is 39.2 Å². The quantitative estimate of drug-likeness (QED) is 0.653. The second-order valence-electron chi connectivity index (χ2n) is 5.71. The Hall–Kier alpha value is -0.105. The first-order valence-electron chi connectivity index (χ1n) is 6.10. The maximum atomic E-state index is 6.26. The third kappa shape index (κ3) is 2.59. The van der Waals surface area contributed by atoms with Gasteiger partial charge >= 0.3 is 7.12 Å². The number of hydrogen-bond acceptors (Lipinski definition) is 3. The van der Waals surface area contributed by atoms with Crippen molar-refractivity contribution in [1.82, 2.24) is 0 Å².